The minimum absolute atomic E-state index is 0.275. The fourth-order valence-corrected chi connectivity index (χ4v) is 2.79. The number of nitrogens with two attached hydrogens (primary N) is 1. The quantitative estimate of drug-likeness (QED) is 0.814. The molecule has 6 nitrogen and oxygen atoms in total. The number of methoxy groups -OCH3 is 1. The second kappa shape index (κ2) is 8.13. The molecule has 1 amide bonds. The Morgan fingerprint density at radius 1 is 1.04 bits per heavy atom. The third-order valence-corrected chi connectivity index (χ3v) is 5.09. The van der Waals surface area contributed by atoms with Gasteiger partial charge in [-0.05, 0) is 30.2 Å². The first-order valence-electron chi connectivity index (χ1n) is 7.78. The van der Waals surface area contributed by atoms with Crippen molar-refractivity contribution in [3.8, 4) is 5.75 Å². The molecule has 0 bridgehead atoms. The van der Waals surface area contributed by atoms with Gasteiger partial charge in [0.05, 0.1) is 7.11 Å². The smallest absolute Gasteiger partial charge is 0.242 e. The lowest BCUT2D eigenvalue weighted by Crippen LogP contribution is -2.43. The number of ether oxygens (including phenoxy) is 1. The summed E-state index contributed by atoms with van der Waals surface area (Å²) in [5.41, 5.74) is 1.78. The van der Waals surface area contributed by atoms with Crippen molar-refractivity contribution in [2.24, 2.45) is 5.14 Å². The Bertz CT molecular complexity index is 805. The van der Waals surface area contributed by atoms with Crippen molar-refractivity contribution in [1.82, 2.24) is 4.90 Å². The van der Waals surface area contributed by atoms with Crippen LogP contribution in [0.5, 0.6) is 5.75 Å². The van der Waals surface area contributed by atoms with E-state index in [2.05, 4.69) is 0 Å². The van der Waals surface area contributed by atoms with Gasteiger partial charge in [-0.2, -0.15) is 0 Å². The third-order valence-electron chi connectivity index (χ3n) is 3.90. The minimum Gasteiger partial charge on any atom is -0.497 e. The van der Waals surface area contributed by atoms with Crippen LogP contribution < -0.4 is 9.88 Å². The average molecular weight is 362 g/mol. The molecule has 0 aromatic heterocycles. The molecule has 2 N–H and O–H groups in total. The van der Waals surface area contributed by atoms with E-state index in [1.807, 2.05) is 42.5 Å². The Morgan fingerprint density at radius 3 is 2.04 bits per heavy atom. The molecule has 0 spiro atoms. The largest absolute Gasteiger partial charge is 0.497 e. The zero-order chi connectivity index (χ0) is 18.4. The molecular formula is C18H22N2O4S. The Labute approximate surface area is 148 Å². The van der Waals surface area contributed by atoms with Gasteiger partial charge in [0.1, 0.15) is 5.75 Å². The van der Waals surface area contributed by atoms with Crippen LogP contribution in [0.4, 0.5) is 0 Å². The maximum absolute atomic E-state index is 12.7. The molecule has 1 unspecified atom stereocenters. The van der Waals surface area contributed by atoms with Gasteiger partial charge >= 0.3 is 0 Å². The lowest BCUT2D eigenvalue weighted by Gasteiger charge is -2.25. The zero-order valence-corrected chi connectivity index (χ0v) is 15.1. The van der Waals surface area contributed by atoms with Gasteiger partial charge in [-0.25, -0.2) is 13.6 Å². The number of hydrogen-bond donors (Lipinski definition) is 1. The second-order valence-electron chi connectivity index (χ2n) is 5.76. The highest BCUT2D eigenvalue weighted by molar-refractivity contribution is 7.90. The number of sulfonamides is 1. The van der Waals surface area contributed by atoms with E-state index in [1.54, 1.807) is 19.2 Å². The van der Waals surface area contributed by atoms with Gasteiger partial charge in [-0.3, -0.25) is 4.79 Å². The van der Waals surface area contributed by atoms with Gasteiger partial charge in [-0.1, -0.05) is 42.5 Å². The van der Waals surface area contributed by atoms with E-state index in [0.29, 0.717) is 12.3 Å². The topological polar surface area (TPSA) is 89.7 Å². The summed E-state index contributed by atoms with van der Waals surface area (Å²) in [6.07, 6.45) is 0. The number of primary sulfonamides is 1. The normalized spacial score (nSPS) is 12.4. The first-order valence-corrected chi connectivity index (χ1v) is 9.39. The number of carbonyl (C=O) groups is 1. The van der Waals surface area contributed by atoms with E-state index >= 15 is 0 Å². The molecule has 2 aromatic carbocycles. The van der Waals surface area contributed by atoms with Crippen LogP contribution in [-0.4, -0.2) is 31.6 Å². The summed E-state index contributed by atoms with van der Waals surface area (Å²) in [5, 5.41) is 3.85. The molecule has 7 heteroatoms. The number of rotatable bonds is 7. The summed E-state index contributed by atoms with van der Waals surface area (Å²) in [6.45, 7) is 1.88. The van der Waals surface area contributed by atoms with Crippen molar-refractivity contribution in [1.29, 1.82) is 0 Å². The first kappa shape index (κ1) is 19.0. The monoisotopic (exact) mass is 362 g/mol. The average Bonchev–Trinajstić information content (AvgIpc) is 2.60. The first-order chi connectivity index (χ1) is 11.8. The Kier molecular flexibility index (Phi) is 6.17. The van der Waals surface area contributed by atoms with Crippen LogP contribution >= 0.6 is 0 Å². The minimum atomic E-state index is -3.95. The highest BCUT2D eigenvalue weighted by Gasteiger charge is 2.29. The predicted molar refractivity (Wildman–Crippen MR) is 96.3 cm³/mol. The molecular weight excluding hydrogens is 340 g/mol. The number of carbonyl (C=O) groups excluding carboxylic acids is 1. The summed E-state index contributed by atoms with van der Waals surface area (Å²) in [4.78, 5) is 14.2. The summed E-state index contributed by atoms with van der Waals surface area (Å²) in [7, 11) is -2.38. The molecule has 0 saturated carbocycles. The predicted octanol–water partition coefficient (Wildman–Crippen LogP) is 1.90. The number of hydrogen-bond acceptors (Lipinski definition) is 4. The van der Waals surface area contributed by atoms with Crippen molar-refractivity contribution in [3.05, 3.63) is 65.7 Å². The van der Waals surface area contributed by atoms with E-state index < -0.39 is 21.2 Å². The van der Waals surface area contributed by atoms with E-state index in [4.69, 9.17) is 9.88 Å². The summed E-state index contributed by atoms with van der Waals surface area (Å²) >= 11 is 0. The van der Waals surface area contributed by atoms with Crippen molar-refractivity contribution in [2.75, 3.05) is 7.11 Å². The molecule has 0 radical (unpaired) electrons. The Hall–Kier alpha value is -2.38. The highest BCUT2D eigenvalue weighted by atomic mass is 32.2. The van der Waals surface area contributed by atoms with E-state index in [9.17, 15) is 13.2 Å². The zero-order valence-electron chi connectivity index (χ0n) is 14.3. The van der Waals surface area contributed by atoms with Crippen LogP contribution in [0.2, 0.25) is 0 Å². The third kappa shape index (κ3) is 5.30. The van der Waals surface area contributed by atoms with Crippen LogP contribution in [0.25, 0.3) is 0 Å². The van der Waals surface area contributed by atoms with E-state index in [0.717, 1.165) is 11.1 Å². The molecule has 2 rings (SSSR count). The van der Waals surface area contributed by atoms with Crippen LogP contribution in [-0.2, 0) is 27.9 Å². The fraction of sp³-hybridized carbons (Fsp3) is 0.278. The van der Waals surface area contributed by atoms with Gasteiger partial charge in [0, 0.05) is 13.1 Å². The molecule has 2 aromatic rings. The van der Waals surface area contributed by atoms with Crippen LogP contribution in [0.15, 0.2) is 54.6 Å². The number of nitrogens with zero attached hydrogens (tertiary/aromatic N) is 1. The Balaban J connectivity index is 2.25. The van der Waals surface area contributed by atoms with Gasteiger partial charge in [0.2, 0.25) is 15.9 Å². The van der Waals surface area contributed by atoms with Gasteiger partial charge < -0.3 is 9.64 Å². The molecule has 0 fully saturated rings. The van der Waals surface area contributed by atoms with Crippen molar-refractivity contribution < 1.29 is 17.9 Å². The van der Waals surface area contributed by atoms with E-state index in [-0.39, 0.29) is 6.54 Å². The van der Waals surface area contributed by atoms with Crippen LogP contribution in [0.3, 0.4) is 0 Å². The summed E-state index contributed by atoms with van der Waals surface area (Å²) in [6, 6.07) is 16.7. The van der Waals surface area contributed by atoms with Crippen LogP contribution in [0.1, 0.15) is 18.1 Å². The molecule has 25 heavy (non-hydrogen) atoms. The van der Waals surface area contributed by atoms with Gasteiger partial charge in [0.25, 0.3) is 0 Å². The van der Waals surface area contributed by atoms with Gasteiger partial charge in [-0.15, -0.1) is 0 Å². The molecule has 0 aliphatic carbocycles. The molecule has 0 heterocycles. The van der Waals surface area contributed by atoms with Crippen LogP contribution in [0, 0.1) is 0 Å². The lowest BCUT2D eigenvalue weighted by molar-refractivity contribution is -0.131. The second-order valence-corrected chi connectivity index (χ2v) is 7.64. The number of benzene rings is 2. The molecule has 0 saturated heterocycles. The molecule has 0 aliphatic heterocycles. The summed E-state index contributed by atoms with van der Waals surface area (Å²) in [5.74, 6) is 0.185. The van der Waals surface area contributed by atoms with Crippen molar-refractivity contribution in [2.45, 2.75) is 25.3 Å². The highest BCUT2D eigenvalue weighted by Crippen LogP contribution is 2.16. The molecule has 1 atom stereocenters. The Morgan fingerprint density at radius 2 is 1.56 bits per heavy atom. The summed E-state index contributed by atoms with van der Waals surface area (Å²) < 4.78 is 28.3. The van der Waals surface area contributed by atoms with E-state index in [1.165, 1.54) is 11.8 Å². The lowest BCUT2D eigenvalue weighted by atomic mass is 10.1. The SMILES string of the molecule is COc1ccc(CN(Cc2ccccc2)C(=O)C(C)S(N)(=O)=O)cc1. The fourth-order valence-electron chi connectivity index (χ4n) is 2.36. The molecule has 134 valence electrons. The van der Waals surface area contributed by atoms with Gasteiger partial charge in [0.15, 0.2) is 5.25 Å². The van der Waals surface area contributed by atoms with Crippen molar-refractivity contribution in [3.63, 3.8) is 0 Å². The molecule has 0 aliphatic rings. The maximum atomic E-state index is 12.7. The van der Waals surface area contributed by atoms with Crippen molar-refractivity contribution >= 4 is 15.9 Å². The maximum Gasteiger partial charge on any atom is 0.242 e. The standard InChI is InChI=1S/C18H22N2O4S/c1-14(25(19,22)23)18(21)20(12-15-6-4-3-5-7-15)13-16-8-10-17(24-2)11-9-16/h3-11,14H,12-13H2,1-2H3,(H2,19,22,23). The number of amides is 1.